The number of aryl methyl sites for hydroxylation is 1. The molecular formula is C18H21N3O3. The molecule has 0 aliphatic carbocycles. The van der Waals surface area contributed by atoms with Gasteiger partial charge in [-0.2, -0.15) is 0 Å². The number of carbonyl (C=O) groups excluding carboxylic acids is 2. The van der Waals surface area contributed by atoms with Crippen LogP contribution in [-0.2, 0) is 11.3 Å². The van der Waals surface area contributed by atoms with Gasteiger partial charge in [0.15, 0.2) is 0 Å². The molecule has 6 heteroatoms. The molecule has 0 aliphatic heterocycles. The molecule has 0 saturated carbocycles. The van der Waals surface area contributed by atoms with E-state index in [9.17, 15) is 9.59 Å². The van der Waals surface area contributed by atoms with Crippen molar-refractivity contribution in [2.75, 3.05) is 19.0 Å². The maximum atomic E-state index is 11.8. The number of methoxy groups -OCH3 is 1. The largest absolute Gasteiger partial charge is 0.497 e. The minimum atomic E-state index is -0.517. The van der Waals surface area contributed by atoms with Crippen LogP contribution in [-0.4, -0.2) is 25.6 Å². The molecule has 0 aliphatic rings. The van der Waals surface area contributed by atoms with E-state index in [1.807, 2.05) is 49.4 Å². The standard InChI is InChI=1S/C18H21N3O3/c1-13-10-15(24-2)8-9-16(13)19-12-17(22)21-18(23)20-11-14-6-4-3-5-7-14/h3-10,19H,11-12H2,1-2H3,(H2,20,21,22,23). The Morgan fingerprint density at radius 2 is 1.83 bits per heavy atom. The van der Waals surface area contributed by atoms with Gasteiger partial charge in [-0.25, -0.2) is 4.79 Å². The molecular weight excluding hydrogens is 306 g/mol. The second-order valence-electron chi connectivity index (χ2n) is 5.25. The van der Waals surface area contributed by atoms with Crippen LogP contribution in [0.15, 0.2) is 48.5 Å². The topological polar surface area (TPSA) is 79.5 Å². The van der Waals surface area contributed by atoms with Gasteiger partial charge in [0.2, 0.25) is 5.91 Å². The van der Waals surface area contributed by atoms with Crippen molar-refractivity contribution < 1.29 is 14.3 Å². The molecule has 0 saturated heterocycles. The van der Waals surface area contributed by atoms with Gasteiger partial charge in [-0.3, -0.25) is 10.1 Å². The zero-order chi connectivity index (χ0) is 17.4. The van der Waals surface area contributed by atoms with Crippen LogP contribution < -0.4 is 20.7 Å². The van der Waals surface area contributed by atoms with Gasteiger partial charge >= 0.3 is 6.03 Å². The quantitative estimate of drug-likeness (QED) is 0.761. The van der Waals surface area contributed by atoms with Crippen molar-refractivity contribution in [1.82, 2.24) is 10.6 Å². The first-order valence-corrected chi connectivity index (χ1v) is 7.58. The van der Waals surface area contributed by atoms with Gasteiger partial charge in [0, 0.05) is 12.2 Å². The molecule has 0 radical (unpaired) electrons. The first-order valence-electron chi connectivity index (χ1n) is 7.58. The number of nitrogens with one attached hydrogen (secondary N) is 3. The molecule has 0 aromatic heterocycles. The van der Waals surface area contributed by atoms with Crippen LogP contribution in [0.2, 0.25) is 0 Å². The highest BCUT2D eigenvalue weighted by Gasteiger charge is 2.08. The third-order valence-electron chi connectivity index (χ3n) is 3.42. The fourth-order valence-electron chi connectivity index (χ4n) is 2.13. The summed E-state index contributed by atoms with van der Waals surface area (Å²) in [6.07, 6.45) is 0. The van der Waals surface area contributed by atoms with Gasteiger partial charge in [0.1, 0.15) is 5.75 Å². The summed E-state index contributed by atoms with van der Waals surface area (Å²) in [5, 5.41) is 7.92. The minimum Gasteiger partial charge on any atom is -0.497 e. The number of urea groups is 1. The Bertz CT molecular complexity index is 702. The Morgan fingerprint density at radius 1 is 1.08 bits per heavy atom. The maximum absolute atomic E-state index is 11.8. The van der Waals surface area contributed by atoms with Gasteiger partial charge in [-0.1, -0.05) is 30.3 Å². The Balaban J connectivity index is 1.75. The number of rotatable bonds is 6. The first-order chi connectivity index (χ1) is 11.6. The number of anilines is 1. The highest BCUT2D eigenvalue weighted by atomic mass is 16.5. The smallest absolute Gasteiger partial charge is 0.321 e. The summed E-state index contributed by atoms with van der Waals surface area (Å²) in [5.74, 6) is 0.346. The zero-order valence-corrected chi connectivity index (χ0v) is 13.8. The number of ether oxygens (including phenoxy) is 1. The van der Waals surface area contributed by atoms with Gasteiger partial charge in [0.05, 0.1) is 13.7 Å². The van der Waals surface area contributed by atoms with E-state index in [4.69, 9.17) is 4.74 Å². The lowest BCUT2D eigenvalue weighted by molar-refractivity contribution is -0.118. The maximum Gasteiger partial charge on any atom is 0.321 e. The molecule has 2 aromatic carbocycles. The predicted molar refractivity (Wildman–Crippen MR) is 93.0 cm³/mol. The molecule has 3 N–H and O–H groups in total. The molecule has 0 bridgehead atoms. The number of hydrogen-bond donors (Lipinski definition) is 3. The molecule has 0 fully saturated rings. The number of imide groups is 1. The van der Waals surface area contributed by atoms with E-state index in [-0.39, 0.29) is 6.54 Å². The van der Waals surface area contributed by atoms with Crippen molar-refractivity contribution in [3.8, 4) is 5.75 Å². The summed E-state index contributed by atoms with van der Waals surface area (Å²) < 4.78 is 5.13. The van der Waals surface area contributed by atoms with Crippen molar-refractivity contribution in [3.63, 3.8) is 0 Å². The van der Waals surface area contributed by atoms with Gasteiger partial charge in [0.25, 0.3) is 0 Å². The summed E-state index contributed by atoms with van der Waals surface area (Å²) >= 11 is 0. The normalized spacial score (nSPS) is 9.92. The van der Waals surface area contributed by atoms with Crippen molar-refractivity contribution in [1.29, 1.82) is 0 Å². The molecule has 126 valence electrons. The number of amides is 3. The number of benzene rings is 2. The van der Waals surface area contributed by atoms with E-state index < -0.39 is 11.9 Å². The van der Waals surface area contributed by atoms with Crippen molar-refractivity contribution in [2.24, 2.45) is 0 Å². The lowest BCUT2D eigenvalue weighted by atomic mass is 10.2. The van der Waals surface area contributed by atoms with Crippen LogP contribution >= 0.6 is 0 Å². The Kier molecular flexibility index (Phi) is 6.19. The van der Waals surface area contributed by atoms with Crippen LogP contribution in [0.25, 0.3) is 0 Å². The highest BCUT2D eigenvalue weighted by molar-refractivity contribution is 5.96. The molecule has 2 rings (SSSR count). The molecule has 0 unspecified atom stereocenters. The molecule has 6 nitrogen and oxygen atoms in total. The van der Waals surface area contributed by atoms with Gasteiger partial charge in [-0.05, 0) is 36.2 Å². The number of hydrogen-bond acceptors (Lipinski definition) is 4. The summed E-state index contributed by atoms with van der Waals surface area (Å²) in [4.78, 5) is 23.5. The van der Waals surface area contributed by atoms with Crippen LogP contribution in [0.4, 0.5) is 10.5 Å². The molecule has 3 amide bonds. The molecule has 0 spiro atoms. The summed E-state index contributed by atoms with van der Waals surface area (Å²) in [5.41, 5.74) is 2.73. The first kappa shape index (κ1) is 17.3. The minimum absolute atomic E-state index is 0.00588. The average Bonchev–Trinajstić information content (AvgIpc) is 2.59. The second kappa shape index (κ2) is 8.57. The SMILES string of the molecule is COc1ccc(NCC(=O)NC(=O)NCc2ccccc2)c(C)c1. The van der Waals surface area contributed by atoms with Gasteiger partial charge in [-0.15, -0.1) is 0 Å². The van der Waals surface area contributed by atoms with E-state index in [1.54, 1.807) is 13.2 Å². The van der Waals surface area contributed by atoms with Crippen molar-refractivity contribution >= 4 is 17.6 Å². The molecule has 2 aromatic rings. The lowest BCUT2D eigenvalue weighted by Crippen LogP contribution is -2.41. The third-order valence-corrected chi connectivity index (χ3v) is 3.42. The van der Waals surface area contributed by atoms with E-state index in [1.165, 1.54) is 0 Å². The van der Waals surface area contributed by atoms with E-state index in [2.05, 4.69) is 16.0 Å². The predicted octanol–water partition coefficient (Wildman–Crippen LogP) is 2.44. The monoisotopic (exact) mass is 327 g/mol. The average molecular weight is 327 g/mol. The van der Waals surface area contributed by atoms with E-state index >= 15 is 0 Å². The van der Waals surface area contributed by atoms with Crippen LogP contribution in [0.3, 0.4) is 0 Å². The van der Waals surface area contributed by atoms with E-state index in [0.717, 1.165) is 22.6 Å². The van der Waals surface area contributed by atoms with E-state index in [0.29, 0.717) is 6.54 Å². The van der Waals surface area contributed by atoms with Crippen LogP contribution in [0, 0.1) is 6.92 Å². The zero-order valence-electron chi connectivity index (χ0n) is 13.8. The Hall–Kier alpha value is -3.02. The molecule has 0 heterocycles. The van der Waals surface area contributed by atoms with Gasteiger partial charge < -0.3 is 15.4 Å². The number of carbonyl (C=O) groups is 2. The summed E-state index contributed by atoms with van der Waals surface area (Å²) in [6.45, 7) is 2.28. The Morgan fingerprint density at radius 3 is 2.50 bits per heavy atom. The molecule has 24 heavy (non-hydrogen) atoms. The van der Waals surface area contributed by atoms with Crippen LogP contribution in [0.5, 0.6) is 5.75 Å². The van der Waals surface area contributed by atoms with Crippen molar-refractivity contribution in [2.45, 2.75) is 13.5 Å². The van der Waals surface area contributed by atoms with Crippen LogP contribution in [0.1, 0.15) is 11.1 Å². The Labute approximate surface area is 141 Å². The second-order valence-corrected chi connectivity index (χ2v) is 5.25. The summed E-state index contributed by atoms with van der Waals surface area (Å²) in [7, 11) is 1.60. The fourth-order valence-corrected chi connectivity index (χ4v) is 2.13. The fraction of sp³-hybridized carbons (Fsp3) is 0.222. The summed E-state index contributed by atoms with van der Waals surface area (Å²) in [6, 6.07) is 14.5. The third kappa shape index (κ3) is 5.31. The van der Waals surface area contributed by atoms with Crippen molar-refractivity contribution in [3.05, 3.63) is 59.7 Å². The highest BCUT2D eigenvalue weighted by Crippen LogP contribution is 2.20. The lowest BCUT2D eigenvalue weighted by Gasteiger charge is -2.11. The molecule has 0 atom stereocenters.